The minimum atomic E-state index is -0.275. The number of carbonyl (C=O) groups is 2. The Balaban J connectivity index is 1.94. The summed E-state index contributed by atoms with van der Waals surface area (Å²) in [6.45, 7) is 0.722. The molecule has 25 heavy (non-hydrogen) atoms. The summed E-state index contributed by atoms with van der Waals surface area (Å²) in [5.74, 6) is 0.0468. The number of benzene rings is 2. The second-order valence-corrected chi connectivity index (χ2v) is 5.70. The standard InChI is InChI=1S/C19H20ClNO4/c1-24-12-13-25-19-15(20)8-5-9-16(19)21-18(23)11-10-17(22)14-6-3-2-4-7-14/h2-9H,10-13H2,1H3,(H,21,23). The van der Waals surface area contributed by atoms with E-state index in [0.717, 1.165) is 0 Å². The molecule has 0 heterocycles. The topological polar surface area (TPSA) is 64.6 Å². The lowest BCUT2D eigenvalue weighted by molar-refractivity contribution is -0.116. The monoisotopic (exact) mass is 361 g/mol. The Labute approximate surface area is 151 Å². The Morgan fingerprint density at radius 3 is 2.48 bits per heavy atom. The molecule has 132 valence electrons. The Morgan fingerprint density at radius 1 is 1.00 bits per heavy atom. The van der Waals surface area contributed by atoms with Crippen LogP contribution in [0.3, 0.4) is 0 Å². The summed E-state index contributed by atoms with van der Waals surface area (Å²) in [5, 5.41) is 3.14. The first-order valence-corrected chi connectivity index (χ1v) is 8.28. The number of nitrogens with one attached hydrogen (secondary N) is 1. The highest BCUT2D eigenvalue weighted by atomic mass is 35.5. The van der Waals surface area contributed by atoms with Gasteiger partial charge in [-0.3, -0.25) is 9.59 Å². The van der Waals surface area contributed by atoms with Crippen molar-refractivity contribution < 1.29 is 19.1 Å². The zero-order valence-electron chi connectivity index (χ0n) is 14.0. The lowest BCUT2D eigenvalue weighted by Gasteiger charge is -2.13. The second kappa shape index (κ2) is 9.81. The van der Waals surface area contributed by atoms with Gasteiger partial charge in [-0.15, -0.1) is 0 Å². The molecule has 0 aromatic heterocycles. The van der Waals surface area contributed by atoms with E-state index in [1.54, 1.807) is 49.6 Å². The third kappa shape index (κ3) is 5.89. The number of Topliss-reactive ketones (excluding diaryl/α,β-unsaturated/α-hetero) is 1. The predicted octanol–water partition coefficient (Wildman–Crippen LogP) is 3.97. The van der Waals surface area contributed by atoms with Gasteiger partial charge < -0.3 is 14.8 Å². The first kappa shape index (κ1) is 19.0. The van der Waals surface area contributed by atoms with Crippen LogP contribution in [0.2, 0.25) is 5.02 Å². The number of rotatable bonds is 9. The lowest BCUT2D eigenvalue weighted by Crippen LogP contribution is -2.15. The Bertz CT molecular complexity index is 719. The summed E-state index contributed by atoms with van der Waals surface area (Å²) in [6, 6.07) is 14.0. The van der Waals surface area contributed by atoms with Crippen LogP contribution in [0.4, 0.5) is 5.69 Å². The minimum absolute atomic E-state index is 0.0709. The molecule has 0 aliphatic rings. The molecule has 6 heteroatoms. The first-order chi connectivity index (χ1) is 12.1. The van der Waals surface area contributed by atoms with Crippen LogP contribution in [-0.4, -0.2) is 32.0 Å². The number of hydrogen-bond acceptors (Lipinski definition) is 4. The first-order valence-electron chi connectivity index (χ1n) is 7.90. The van der Waals surface area contributed by atoms with E-state index >= 15 is 0 Å². The molecule has 1 N–H and O–H groups in total. The molecule has 2 rings (SSSR count). The van der Waals surface area contributed by atoms with Crippen molar-refractivity contribution in [2.75, 3.05) is 25.6 Å². The van der Waals surface area contributed by atoms with Crippen molar-refractivity contribution in [2.24, 2.45) is 0 Å². The highest BCUT2D eigenvalue weighted by Crippen LogP contribution is 2.33. The van der Waals surface area contributed by atoms with Gasteiger partial charge in [-0.25, -0.2) is 0 Å². The number of ether oxygens (including phenoxy) is 2. The summed E-state index contributed by atoms with van der Waals surface area (Å²) in [4.78, 5) is 24.2. The van der Waals surface area contributed by atoms with E-state index < -0.39 is 0 Å². The molecule has 2 aromatic rings. The fraction of sp³-hybridized carbons (Fsp3) is 0.263. The van der Waals surface area contributed by atoms with Gasteiger partial charge in [-0.1, -0.05) is 48.0 Å². The number of anilines is 1. The maximum Gasteiger partial charge on any atom is 0.224 e. The van der Waals surface area contributed by atoms with Gasteiger partial charge in [0.05, 0.1) is 17.3 Å². The van der Waals surface area contributed by atoms with Crippen molar-refractivity contribution >= 4 is 29.0 Å². The molecule has 2 aromatic carbocycles. The zero-order valence-corrected chi connectivity index (χ0v) is 14.7. The molecular formula is C19H20ClNO4. The average molecular weight is 362 g/mol. The van der Waals surface area contributed by atoms with E-state index in [1.807, 2.05) is 6.07 Å². The van der Waals surface area contributed by atoms with Crippen molar-refractivity contribution in [1.29, 1.82) is 0 Å². The highest BCUT2D eigenvalue weighted by Gasteiger charge is 2.13. The smallest absolute Gasteiger partial charge is 0.224 e. The number of carbonyl (C=O) groups excluding carboxylic acids is 2. The van der Waals surface area contributed by atoms with Gasteiger partial charge in [-0.2, -0.15) is 0 Å². The Morgan fingerprint density at radius 2 is 1.76 bits per heavy atom. The molecule has 5 nitrogen and oxygen atoms in total. The quantitative estimate of drug-likeness (QED) is 0.542. The molecule has 0 atom stereocenters. The Hall–Kier alpha value is -2.37. The summed E-state index contributed by atoms with van der Waals surface area (Å²) in [5.41, 5.74) is 1.07. The number of hydrogen-bond donors (Lipinski definition) is 1. The van der Waals surface area contributed by atoms with E-state index in [2.05, 4.69) is 5.32 Å². The fourth-order valence-corrected chi connectivity index (χ4v) is 2.42. The summed E-state index contributed by atoms with van der Waals surface area (Å²) >= 11 is 6.13. The molecule has 0 bridgehead atoms. The van der Waals surface area contributed by atoms with Crippen molar-refractivity contribution in [3.8, 4) is 5.75 Å². The molecule has 0 saturated heterocycles. The molecular weight excluding hydrogens is 342 g/mol. The lowest BCUT2D eigenvalue weighted by atomic mass is 10.1. The SMILES string of the molecule is COCCOc1c(Cl)cccc1NC(=O)CCC(=O)c1ccccc1. The van der Waals surface area contributed by atoms with Crippen molar-refractivity contribution in [3.63, 3.8) is 0 Å². The van der Waals surface area contributed by atoms with E-state index in [9.17, 15) is 9.59 Å². The van der Waals surface area contributed by atoms with Crippen LogP contribution in [0, 0.1) is 0 Å². The molecule has 0 unspecified atom stereocenters. The number of halogens is 1. The van der Waals surface area contributed by atoms with Crippen LogP contribution in [-0.2, 0) is 9.53 Å². The normalized spacial score (nSPS) is 10.3. The van der Waals surface area contributed by atoms with E-state index in [0.29, 0.717) is 35.2 Å². The van der Waals surface area contributed by atoms with Crippen LogP contribution < -0.4 is 10.1 Å². The number of amides is 1. The van der Waals surface area contributed by atoms with Gasteiger partial charge in [0.2, 0.25) is 5.91 Å². The van der Waals surface area contributed by atoms with Crippen molar-refractivity contribution in [3.05, 3.63) is 59.1 Å². The number of ketones is 1. The summed E-state index contributed by atoms with van der Waals surface area (Å²) in [6.07, 6.45) is 0.216. The van der Waals surface area contributed by atoms with Crippen LogP contribution >= 0.6 is 11.6 Å². The fourth-order valence-electron chi connectivity index (χ4n) is 2.19. The van der Waals surface area contributed by atoms with Gasteiger partial charge in [0.15, 0.2) is 11.5 Å². The third-order valence-electron chi connectivity index (χ3n) is 3.45. The predicted molar refractivity (Wildman–Crippen MR) is 97.5 cm³/mol. The zero-order chi connectivity index (χ0) is 18.1. The maximum atomic E-state index is 12.2. The molecule has 0 aliphatic heterocycles. The van der Waals surface area contributed by atoms with E-state index in [-0.39, 0.29) is 24.5 Å². The largest absolute Gasteiger partial charge is 0.487 e. The highest BCUT2D eigenvalue weighted by molar-refractivity contribution is 6.32. The average Bonchev–Trinajstić information content (AvgIpc) is 2.63. The van der Waals surface area contributed by atoms with Gasteiger partial charge in [0.1, 0.15) is 6.61 Å². The molecule has 1 amide bonds. The minimum Gasteiger partial charge on any atom is -0.487 e. The summed E-state index contributed by atoms with van der Waals surface area (Å²) in [7, 11) is 1.57. The van der Waals surface area contributed by atoms with Crippen molar-refractivity contribution in [1.82, 2.24) is 0 Å². The molecule has 0 fully saturated rings. The van der Waals surface area contributed by atoms with Crippen LogP contribution in [0.25, 0.3) is 0 Å². The van der Waals surface area contributed by atoms with Crippen LogP contribution in [0.15, 0.2) is 48.5 Å². The van der Waals surface area contributed by atoms with Gasteiger partial charge in [0, 0.05) is 25.5 Å². The molecule has 0 saturated carbocycles. The van der Waals surface area contributed by atoms with Gasteiger partial charge >= 0.3 is 0 Å². The second-order valence-electron chi connectivity index (χ2n) is 5.30. The number of methoxy groups -OCH3 is 1. The third-order valence-corrected chi connectivity index (χ3v) is 3.75. The van der Waals surface area contributed by atoms with E-state index in [1.165, 1.54) is 0 Å². The maximum absolute atomic E-state index is 12.2. The number of para-hydroxylation sites is 1. The van der Waals surface area contributed by atoms with E-state index in [4.69, 9.17) is 21.1 Å². The van der Waals surface area contributed by atoms with Crippen LogP contribution in [0.5, 0.6) is 5.75 Å². The van der Waals surface area contributed by atoms with Gasteiger partial charge in [0.25, 0.3) is 0 Å². The van der Waals surface area contributed by atoms with Crippen molar-refractivity contribution in [2.45, 2.75) is 12.8 Å². The molecule has 0 spiro atoms. The molecule has 0 aliphatic carbocycles. The van der Waals surface area contributed by atoms with Crippen LogP contribution in [0.1, 0.15) is 23.2 Å². The molecule has 0 radical (unpaired) electrons. The summed E-state index contributed by atoms with van der Waals surface area (Å²) < 4.78 is 10.5. The Kier molecular flexibility index (Phi) is 7.44. The van der Waals surface area contributed by atoms with Gasteiger partial charge in [-0.05, 0) is 12.1 Å².